The van der Waals surface area contributed by atoms with E-state index in [9.17, 15) is 19.6 Å². The topological polar surface area (TPSA) is 189 Å². The summed E-state index contributed by atoms with van der Waals surface area (Å²) < 4.78 is 24.1. The van der Waals surface area contributed by atoms with E-state index in [4.69, 9.17) is 30.9 Å². The highest BCUT2D eigenvalue weighted by Gasteiger charge is 2.63. The number of carbonyl (C=O) groups is 1. The Bertz CT molecular complexity index is 1270. The normalized spacial score (nSPS) is 34.8. The lowest BCUT2D eigenvalue weighted by Gasteiger charge is -2.38. The van der Waals surface area contributed by atoms with Crippen LogP contribution in [0.5, 0.6) is 0 Å². The van der Waals surface area contributed by atoms with Crippen LogP contribution in [-0.4, -0.2) is 76.2 Å². The molecule has 37 heavy (non-hydrogen) atoms. The first kappa shape index (κ1) is 26.7. The molecule has 0 aromatic carbocycles. The van der Waals surface area contributed by atoms with E-state index in [2.05, 4.69) is 41.0 Å². The molecule has 3 aliphatic rings. The highest BCUT2D eigenvalue weighted by molar-refractivity contribution is 7.51. The van der Waals surface area contributed by atoms with Crippen LogP contribution in [0.2, 0.25) is 5.28 Å². The molecule has 7 atom stereocenters. The van der Waals surface area contributed by atoms with E-state index in [1.807, 2.05) is 0 Å². The van der Waals surface area contributed by atoms with Crippen LogP contribution < -0.4 is 5.32 Å². The predicted octanol–water partition coefficient (Wildman–Crippen LogP) is 2.43. The number of amides is 1. The molecule has 2 aromatic heterocycles. The van der Waals surface area contributed by atoms with Gasteiger partial charge in [-0.15, -0.1) is 0 Å². The second-order valence-electron chi connectivity index (χ2n) is 11.0. The van der Waals surface area contributed by atoms with Crippen LogP contribution in [-0.2, 0) is 14.0 Å². The number of nitrogens with one attached hydrogen (secondary N) is 1. The molecule has 5 rings (SSSR count). The van der Waals surface area contributed by atoms with Crippen LogP contribution >= 0.6 is 19.2 Å². The Hall–Kier alpha value is -1.86. The molecule has 13 nitrogen and oxygen atoms in total. The molecule has 2 bridgehead atoms. The van der Waals surface area contributed by atoms with Gasteiger partial charge in [0.05, 0.1) is 18.6 Å². The molecular formula is C22H31ClN5O8P. The van der Waals surface area contributed by atoms with Crippen LogP contribution in [0.15, 0.2) is 6.33 Å². The second kappa shape index (κ2) is 9.11. The number of aromatic nitrogens is 4. The first-order valence-corrected chi connectivity index (χ1v) is 14.3. The minimum atomic E-state index is -4.32. The third kappa shape index (κ3) is 4.54. The maximum absolute atomic E-state index is 12.9. The minimum Gasteiger partial charge on any atom is -0.445 e. The monoisotopic (exact) mass is 559 g/mol. The summed E-state index contributed by atoms with van der Waals surface area (Å²) in [5.41, 5.74) is 0.223. The summed E-state index contributed by atoms with van der Waals surface area (Å²) in [6, 6.07) is 0. The SMILES string of the molecule is CC1(C)[C@@H]2CC[C@@]1(C)C(OC(=O)Nc1nc(Cl)nc3c1ncn3[C@@H]1O[C@H](CCP(=O)(O)O)C(O)[C@@H]1O)C2. The molecule has 5 N–H and O–H groups in total. The minimum absolute atomic E-state index is 0.0115. The smallest absolute Gasteiger partial charge is 0.413 e. The van der Waals surface area contributed by atoms with Gasteiger partial charge in [0.2, 0.25) is 5.28 Å². The Morgan fingerprint density at radius 3 is 2.65 bits per heavy atom. The van der Waals surface area contributed by atoms with E-state index < -0.39 is 44.4 Å². The van der Waals surface area contributed by atoms with Crippen molar-refractivity contribution in [1.29, 1.82) is 0 Å². The first-order chi connectivity index (χ1) is 17.2. The molecule has 2 aliphatic carbocycles. The zero-order valence-corrected chi connectivity index (χ0v) is 22.3. The Kier molecular flexibility index (Phi) is 6.59. The summed E-state index contributed by atoms with van der Waals surface area (Å²) in [6.07, 6.45) is -2.43. The van der Waals surface area contributed by atoms with Crippen molar-refractivity contribution < 1.29 is 38.8 Å². The molecule has 2 unspecified atom stereocenters. The molecule has 0 radical (unpaired) electrons. The zero-order chi connectivity index (χ0) is 26.9. The maximum atomic E-state index is 12.9. The van der Waals surface area contributed by atoms with Gasteiger partial charge in [0.1, 0.15) is 18.3 Å². The number of fused-ring (bicyclic) bond motifs is 3. The molecule has 2 aromatic rings. The van der Waals surface area contributed by atoms with Crippen molar-refractivity contribution >= 4 is 42.3 Å². The lowest BCUT2D eigenvalue weighted by Crippen LogP contribution is -2.39. The third-order valence-corrected chi connectivity index (χ3v) is 9.90. The number of aliphatic hydroxyl groups excluding tert-OH is 2. The van der Waals surface area contributed by atoms with Gasteiger partial charge in [0.25, 0.3) is 0 Å². The molecular weight excluding hydrogens is 529 g/mol. The second-order valence-corrected chi connectivity index (χ2v) is 13.1. The van der Waals surface area contributed by atoms with Gasteiger partial charge >= 0.3 is 13.7 Å². The summed E-state index contributed by atoms with van der Waals surface area (Å²) in [5, 5.41) is 23.3. The molecule has 1 aliphatic heterocycles. The quantitative estimate of drug-likeness (QED) is 0.258. The van der Waals surface area contributed by atoms with Gasteiger partial charge in [-0.25, -0.2) is 9.78 Å². The van der Waals surface area contributed by atoms with E-state index in [-0.39, 0.29) is 45.6 Å². The zero-order valence-electron chi connectivity index (χ0n) is 20.6. The average Bonchev–Trinajstić information content (AvgIpc) is 3.45. The van der Waals surface area contributed by atoms with Gasteiger partial charge in [-0.1, -0.05) is 20.8 Å². The van der Waals surface area contributed by atoms with Crippen LogP contribution in [0.3, 0.4) is 0 Å². The molecule has 204 valence electrons. The van der Waals surface area contributed by atoms with Gasteiger partial charge in [-0.2, -0.15) is 9.97 Å². The van der Waals surface area contributed by atoms with Gasteiger partial charge in [-0.05, 0) is 48.6 Å². The van der Waals surface area contributed by atoms with Gasteiger partial charge in [0.15, 0.2) is 23.2 Å². The first-order valence-electron chi connectivity index (χ1n) is 12.1. The van der Waals surface area contributed by atoms with E-state index in [0.29, 0.717) is 5.92 Å². The highest BCUT2D eigenvalue weighted by Crippen LogP contribution is 2.66. The Morgan fingerprint density at radius 1 is 1.30 bits per heavy atom. The maximum Gasteiger partial charge on any atom is 0.413 e. The average molecular weight is 560 g/mol. The van der Waals surface area contributed by atoms with E-state index >= 15 is 0 Å². The number of ether oxygens (including phenoxy) is 2. The van der Waals surface area contributed by atoms with Crippen molar-refractivity contribution in [3.05, 3.63) is 11.6 Å². The summed E-state index contributed by atoms with van der Waals surface area (Å²) in [6.45, 7) is 6.60. The predicted molar refractivity (Wildman–Crippen MR) is 131 cm³/mol. The Labute approximate surface area is 217 Å². The number of hydrogen-bond acceptors (Lipinski definition) is 9. The lowest BCUT2D eigenvalue weighted by atomic mass is 9.70. The number of hydrogen-bond donors (Lipinski definition) is 5. The van der Waals surface area contributed by atoms with Crippen molar-refractivity contribution in [1.82, 2.24) is 19.5 Å². The van der Waals surface area contributed by atoms with Gasteiger partial charge in [-0.3, -0.25) is 14.4 Å². The number of rotatable bonds is 6. The van der Waals surface area contributed by atoms with E-state index in [1.165, 1.54) is 10.9 Å². The Balaban J connectivity index is 1.34. The van der Waals surface area contributed by atoms with Crippen LogP contribution in [0, 0.1) is 16.7 Å². The van der Waals surface area contributed by atoms with E-state index in [1.54, 1.807) is 0 Å². The molecule has 3 fully saturated rings. The summed E-state index contributed by atoms with van der Waals surface area (Å²) in [5.74, 6) is 0.502. The lowest BCUT2D eigenvalue weighted by molar-refractivity contribution is -0.0355. The van der Waals surface area contributed by atoms with Crippen molar-refractivity contribution in [2.24, 2.45) is 16.7 Å². The number of nitrogens with zero attached hydrogens (tertiary/aromatic N) is 4. The number of halogens is 1. The van der Waals surface area contributed by atoms with Crippen LogP contribution in [0.25, 0.3) is 11.2 Å². The highest BCUT2D eigenvalue weighted by atomic mass is 35.5. The van der Waals surface area contributed by atoms with Crippen LogP contribution in [0.4, 0.5) is 10.6 Å². The summed E-state index contributed by atoms with van der Waals surface area (Å²) in [7, 11) is -4.32. The van der Waals surface area contributed by atoms with Gasteiger partial charge < -0.3 is 29.5 Å². The molecule has 0 spiro atoms. The number of aliphatic hydroxyl groups is 2. The fourth-order valence-corrected chi connectivity index (χ4v) is 6.98. The van der Waals surface area contributed by atoms with E-state index in [0.717, 1.165) is 19.3 Å². The number of carbonyl (C=O) groups excluding carboxylic acids is 1. The summed E-state index contributed by atoms with van der Waals surface area (Å²) >= 11 is 6.12. The summed E-state index contributed by atoms with van der Waals surface area (Å²) in [4.78, 5) is 43.6. The Morgan fingerprint density at radius 2 is 2.03 bits per heavy atom. The van der Waals surface area contributed by atoms with Gasteiger partial charge in [0, 0.05) is 5.41 Å². The molecule has 1 amide bonds. The van der Waals surface area contributed by atoms with Crippen molar-refractivity contribution in [2.45, 2.75) is 77.1 Å². The fraction of sp³-hybridized carbons (Fsp3) is 0.727. The fourth-order valence-electron chi connectivity index (χ4n) is 6.22. The molecule has 15 heteroatoms. The molecule has 3 heterocycles. The van der Waals surface area contributed by atoms with Crippen molar-refractivity contribution in [2.75, 3.05) is 11.5 Å². The molecule has 2 saturated carbocycles. The van der Waals surface area contributed by atoms with Crippen molar-refractivity contribution in [3.8, 4) is 0 Å². The molecule has 1 saturated heterocycles. The van der Waals surface area contributed by atoms with Crippen molar-refractivity contribution in [3.63, 3.8) is 0 Å². The standard InChI is InChI=1S/C22H31ClN5O8P/c1-21(2)10-4-6-22(21,3)12(8-10)36-20(31)26-16-13-17(27-19(23)25-16)28(9-24-13)18-15(30)14(29)11(35-18)5-7-37(32,33)34/h9-12,14-15,18,29-30H,4-8H2,1-3H3,(H2,32,33,34)(H,25,26,27,31)/t10-,11-,12?,14?,15+,18-,22+/m1/s1. The van der Waals surface area contributed by atoms with Crippen LogP contribution in [0.1, 0.15) is 52.7 Å². The number of anilines is 1. The largest absolute Gasteiger partial charge is 0.445 e. The number of imidazole rings is 1. The third-order valence-electron chi connectivity index (χ3n) is 8.89.